The van der Waals surface area contributed by atoms with Crippen LogP contribution in [0.25, 0.3) is 0 Å². The average Bonchev–Trinajstić information content (AvgIpc) is 2.16. The van der Waals surface area contributed by atoms with Crippen molar-refractivity contribution in [2.75, 3.05) is 0 Å². The topological polar surface area (TPSA) is 75.4 Å². The molecule has 0 amide bonds. The van der Waals surface area contributed by atoms with Crippen LogP contribution in [0.15, 0.2) is 24.3 Å². The van der Waals surface area contributed by atoms with E-state index in [-0.39, 0.29) is 6.17 Å². The van der Waals surface area contributed by atoms with Gasteiger partial charge in [-0.25, -0.2) is 0 Å². The van der Waals surface area contributed by atoms with Crippen molar-refractivity contribution in [3.05, 3.63) is 35.4 Å². The predicted octanol–water partition coefficient (Wildman–Crippen LogP) is 0.243. The molecule has 0 fully saturated rings. The lowest BCUT2D eigenvalue weighted by molar-refractivity contribution is -0.140. The van der Waals surface area contributed by atoms with Crippen LogP contribution in [0.1, 0.15) is 17.2 Å². The second-order valence-electron chi connectivity index (χ2n) is 3.45. The summed E-state index contributed by atoms with van der Waals surface area (Å²) in [5, 5.41) is 11.8. The summed E-state index contributed by atoms with van der Waals surface area (Å²) < 4.78 is 0. The van der Waals surface area contributed by atoms with Gasteiger partial charge in [0.25, 0.3) is 0 Å². The molecule has 1 aliphatic heterocycles. The molecule has 2 atom stereocenters. The van der Waals surface area contributed by atoms with Crippen LogP contribution in [0.4, 0.5) is 0 Å². The van der Waals surface area contributed by atoms with Crippen LogP contribution in [0.3, 0.4) is 0 Å². The molecule has 1 aliphatic rings. The van der Waals surface area contributed by atoms with Crippen molar-refractivity contribution in [1.82, 2.24) is 5.32 Å². The van der Waals surface area contributed by atoms with Gasteiger partial charge < -0.3 is 10.8 Å². The summed E-state index contributed by atoms with van der Waals surface area (Å²) in [4.78, 5) is 10.9. The van der Waals surface area contributed by atoms with Gasteiger partial charge in [0.1, 0.15) is 6.04 Å². The van der Waals surface area contributed by atoms with Crippen molar-refractivity contribution >= 4 is 5.97 Å². The van der Waals surface area contributed by atoms with Gasteiger partial charge >= 0.3 is 5.97 Å². The molecule has 0 spiro atoms. The zero-order valence-electron chi connectivity index (χ0n) is 7.60. The molecule has 2 unspecified atom stereocenters. The highest BCUT2D eigenvalue weighted by molar-refractivity contribution is 5.76. The van der Waals surface area contributed by atoms with E-state index in [1.54, 1.807) is 0 Å². The van der Waals surface area contributed by atoms with Gasteiger partial charge in [-0.2, -0.15) is 0 Å². The Bertz CT molecular complexity index is 365. The first kappa shape index (κ1) is 9.18. The van der Waals surface area contributed by atoms with E-state index in [0.29, 0.717) is 6.42 Å². The fourth-order valence-electron chi connectivity index (χ4n) is 1.81. The Kier molecular flexibility index (Phi) is 2.23. The van der Waals surface area contributed by atoms with E-state index in [1.165, 1.54) is 0 Å². The number of hydrogen-bond donors (Lipinski definition) is 3. The summed E-state index contributed by atoms with van der Waals surface area (Å²) in [7, 11) is 0. The van der Waals surface area contributed by atoms with Crippen LogP contribution in [-0.2, 0) is 11.2 Å². The maximum Gasteiger partial charge on any atom is 0.325 e. The van der Waals surface area contributed by atoms with E-state index >= 15 is 0 Å². The minimum Gasteiger partial charge on any atom is -0.480 e. The van der Waals surface area contributed by atoms with E-state index in [4.69, 9.17) is 10.8 Å². The Morgan fingerprint density at radius 1 is 1.50 bits per heavy atom. The number of hydrogen-bond acceptors (Lipinski definition) is 3. The predicted molar refractivity (Wildman–Crippen MR) is 51.6 cm³/mol. The molecule has 4 N–H and O–H groups in total. The molecule has 1 heterocycles. The van der Waals surface area contributed by atoms with Crippen molar-refractivity contribution in [3.63, 3.8) is 0 Å². The lowest BCUT2D eigenvalue weighted by Gasteiger charge is -2.28. The lowest BCUT2D eigenvalue weighted by Crippen LogP contribution is -2.47. The summed E-state index contributed by atoms with van der Waals surface area (Å²) in [5.74, 6) is -0.882. The number of nitrogens with two attached hydrogens (primary N) is 1. The summed E-state index contributed by atoms with van der Waals surface area (Å²) in [6, 6.07) is 6.82. The maximum absolute atomic E-state index is 10.9. The van der Waals surface area contributed by atoms with Gasteiger partial charge in [0.05, 0.1) is 6.17 Å². The van der Waals surface area contributed by atoms with E-state index in [1.807, 2.05) is 24.3 Å². The van der Waals surface area contributed by atoms with Crippen molar-refractivity contribution in [2.24, 2.45) is 5.73 Å². The van der Waals surface area contributed by atoms with Crippen LogP contribution in [-0.4, -0.2) is 17.2 Å². The number of carboxylic acid groups (broad SMARTS) is 1. The fourth-order valence-corrected chi connectivity index (χ4v) is 1.81. The fraction of sp³-hybridized carbons (Fsp3) is 0.300. The normalized spacial score (nSPS) is 25.5. The van der Waals surface area contributed by atoms with Crippen molar-refractivity contribution in [3.8, 4) is 0 Å². The van der Waals surface area contributed by atoms with Gasteiger partial charge in [-0.1, -0.05) is 24.3 Å². The molecule has 1 aromatic rings. The monoisotopic (exact) mass is 192 g/mol. The Labute approximate surface area is 81.7 Å². The lowest BCUT2D eigenvalue weighted by atomic mass is 9.93. The van der Waals surface area contributed by atoms with Crippen LogP contribution in [0.2, 0.25) is 0 Å². The summed E-state index contributed by atoms with van der Waals surface area (Å²) in [6.07, 6.45) is 0.408. The molecule has 14 heavy (non-hydrogen) atoms. The Morgan fingerprint density at radius 3 is 2.93 bits per heavy atom. The average molecular weight is 192 g/mol. The molecule has 0 saturated heterocycles. The molecule has 0 bridgehead atoms. The van der Waals surface area contributed by atoms with Gasteiger partial charge in [0.2, 0.25) is 0 Å². The van der Waals surface area contributed by atoms with Gasteiger partial charge in [0.15, 0.2) is 0 Å². The number of carboxylic acids is 1. The number of nitrogens with one attached hydrogen (secondary N) is 1. The third kappa shape index (κ3) is 1.49. The first-order valence-corrected chi connectivity index (χ1v) is 4.50. The molecule has 0 aliphatic carbocycles. The molecule has 4 nitrogen and oxygen atoms in total. The van der Waals surface area contributed by atoms with E-state index < -0.39 is 12.0 Å². The molecule has 0 radical (unpaired) electrons. The SMILES string of the molecule is NC1Cc2ccccc2C(C(=O)O)N1. The molecule has 74 valence electrons. The first-order chi connectivity index (χ1) is 6.68. The number of fused-ring (bicyclic) bond motifs is 1. The molecule has 4 heteroatoms. The number of carbonyl (C=O) groups is 1. The van der Waals surface area contributed by atoms with Crippen LogP contribution >= 0.6 is 0 Å². The minimum atomic E-state index is -0.882. The number of benzene rings is 1. The molecule has 1 aromatic carbocycles. The number of aliphatic carboxylic acids is 1. The molecular weight excluding hydrogens is 180 g/mol. The highest BCUT2D eigenvalue weighted by Crippen LogP contribution is 2.23. The van der Waals surface area contributed by atoms with Crippen LogP contribution in [0, 0.1) is 0 Å². The Morgan fingerprint density at radius 2 is 2.21 bits per heavy atom. The van der Waals surface area contributed by atoms with Crippen molar-refractivity contribution < 1.29 is 9.90 Å². The smallest absolute Gasteiger partial charge is 0.325 e. The van der Waals surface area contributed by atoms with Crippen LogP contribution < -0.4 is 11.1 Å². The second-order valence-corrected chi connectivity index (χ2v) is 3.45. The first-order valence-electron chi connectivity index (χ1n) is 4.50. The van der Waals surface area contributed by atoms with Gasteiger partial charge in [0, 0.05) is 6.42 Å². The molecular formula is C10H12N2O2. The summed E-state index contributed by atoms with van der Waals surface area (Å²) >= 11 is 0. The standard InChI is InChI=1S/C10H12N2O2/c11-8-5-6-3-1-2-4-7(6)9(12-8)10(13)14/h1-4,8-9,12H,5,11H2,(H,13,14). The molecule has 2 rings (SSSR count). The van der Waals surface area contributed by atoms with Gasteiger partial charge in [-0.15, -0.1) is 0 Å². The van der Waals surface area contributed by atoms with Gasteiger partial charge in [-0.05, 0) is 11.1 Å². The van der Waals surface area contributed by atoms with Crippen molar-refractivity contribution in [2.45, 2.75) is 18.6 Å². The third-order valence-electron chi connectivity index (χ3n) is 2.43. The third-order valence-corrected chi connectivity index (χ3v) is 2.43. The second kappa shape index (κ2) is 3.40. The largest absolute Gasteiger partial charge is 0.480 e. The zero-order valence-corrected chi connectivity index (χ0v) is 7.60. The molecule has 0 saturated carbocycles. The molecule has 0 aromatic heterocycles. The number of rotatable bonds is 1. The quantitative estimate of drug-likeness (QED) is 0.596. The highest BCUT2D eigenvalue weighted by atomic mass is 16.4. The highest BCUT2D eigenvalue weighted by Gasteiger charge is 2.28. The summed E-state index contributed by atoms with van der Waals surface area (Å²) in [5.41, 5.74) is 7.54. The zero-order chi connectivity index (χ0) is 10.1. The maximum atomic E-state index is 10.9. The Balaban J connectivity index is 2.43. The van der Waals surface area contributed by atoms with Crippen molar-refractivity contribution in [1.29, 1.82) is 0 Å². The van der Waals surface area contributed by atoms with E-state index in [2.05, 4.69) is 5.32 Å². The van der Waals surface area contributed by atoms with E-state index in [0.717, 1.165) is 11.1 Å². The Hall–Kier alpha value is -1.39. The summed E-state index contributed by atoms with van der Waals surface area (Å²) in [6.45, 7) is 0. The van der Waals surface area contributed by atoms with Gasteiger partial charge in [-0.3, -0.25) is 10.1 Å². The van der Waals surface area contributed by atoms with Crippen LogP contribution in [0.5, 0.6) is 0 Å². The van der Waals surface area contributed by atoms with E-state index in [9.17, 15) is 4.79 Å². The minimum absolute atomic E-state index is 0.272.